The van der Waals surface area contributed by atoms with Gasteiger partial charge in [-0.25, -0.2) is 4.79 Å². The highest BCUT2D eigenvalue weighted by Gasteiger charge is 2.37. The Kier molecular flexibility index (Phi) is 7.35. The third-order valence-electron chi connectivity index (χ3n) is 6.10. The summed E-state index contributed by atoms with van der Waals surface area (Å²) in [5.41, 5.74) is 2.27. The smallest absolute Gasteiger partial charge is 0.338 e. The third-order valence-corrected chi connectivity index (χ3v) is 6.10. The van der Waals surface area contributed by atoms with Gasteiger partial charge < -0.3 is 15.0 Å². The van der Waals surface area contributed by atoms with Crippen LogP contribution in [0.2, 0.25) is 0 Å². The van der Waals surface area contributed by atoms with Gasteiger partial charge in [0.05, 0.1) is 17.5 Å². The van der Waals surface area contributed by atoms with E-state index in [-0.39, 0.29) is 42.2 Å². The third kappa shape index (κ3) is 5.81. The van der Waals surface area contributed by atoms with E-state index < -0.39 is 11.9 Å². The van der Waals surface area contributed by atoms with Crippen LogP contribution in [-0.2, 0) is 14.3 Å². The first-order valence-electron chi connectivity index (χ1n) is 11.4. The molecule has 1 N–H and O–H groups in total. The second-order valence-electron chi connectivity index (χ2n) is 8.47. The van der Waals surface area contributed by atoms with E-state index >= 15 is 0 Å². The first kappa shape index (κ1) is 23.9. The summed E-state index contributed by atoms with van der Waals surface area (Å²) in [5, 5.41) is 2.82. The Hall–Kier alpha value is -4.26. The summed E-state index contributed by atoms with van der Waals surface area (Å²) in [7, 11) is 0. The van der Waals surface area contributed by atoms with Crippen molar-refractivity contribution in [2.75, 3.05) is 18.5 Å². The number of ether oxygens (including phenoxy) is 1. The highest BCUT2D eigenvalue weighted by Crippen LogP contribution is 2.29. The van der Waals surface area contributed by atoms with E-state index in [4.69, 9.17) is 4.74 Å². The Morgan fingerprint density at radius 2 is 1.54 bits per heavy atom. The summed E-state index contributed by atoms with van der Waals surface area (Å²) in [5.74, 6) is -1.67. The van der Waals surface area contributed by atoms with Crippen molar-refractivity contribution in [1.82, 2.24) is 4.90 Å². The van der Waals surface area contributed by atoms with Gasteiger partial charge in [0.2, 0.25) is 11.8 Å². The number of amides is 2. The van der Waals surface area contributed by atoms with Crippen LogP contribution in [0.15, 0.2) is 84.9 Å². The van der Waals surface area contributed by atoms with Crippen LogP contribution >= 0.6 is 0 Å². The van der Waals surface area contributed by atoms with E-state index in [0.29, 0.717) is 17.8 Å². The second-order valence-corrected chi connectivity index (χ2v) is 8.47. The molecule has 4 rings (SSSR count). The van der Waals surface area contributed by atoms with E-state index in [1.165, 1.54) is 12.1 Å². The highest BCUT2D eigenvalue weighted by molar-refractivity contribution is 6.00. The maximum absolute atomic E-state index is 12.8. The summed E-state index contributed by atoms with van der Waals surface area (Å²) in [6.07, 6.45) is 0.156. The number of ketones is 1. The molecule has 35 heavy (non-hydrogen) atoms. The molecule has 178 valence electrons. The molecule has 0 saturated carbocycles. The van der Waals surface area contributed by atoms with Crippen molar-refractivity contribution in [3.8, 4) is 0 Å². The molecule has 0 unspecified atom stereocenters. The van der Waals surface area contributed by atoms with E-state index in [2.05, 4.69) is 5.32 Å². The fourth-order valence-corrected chi connectivity index (χ4v) is 4.05. The van der Waals surface area contributed by atoms with Crippen LogP contribution < -0.4 is 5.32 Å². The number of carbonyl (C=O) groups excluding carboxylic acids is 4. The predicted octanol–water partition coefficient (Wildman–Crippen LogP) is 4.27. The first-order valence-corrected chi connectivity index (χ1v) is 11.4. The number of anilines is 1. The summed E-state index contributed by atoms with van der Waals surface area (Å²) < 4.78 is 5.11. The molecular weight excluding hydrogens is 444 g/mol. The van der Waals surface area contributed by atoms with Crippen LogP contribution in [0.1, 0.15) is 45.7 Å². The maximum Gasteiger partial charge on any atom is 0.338 e. The van der Waals surface area contributed by atoms with Crippen LogP contribution in [0.3, 0.4) is 0 Å². The van der Waals surface area contributed by atoms with Crippen LogP contribution in [0, 0.1) is 5.92 Å². The minimum Gasteiger partial charge on any atom is -0.454 e. The van der Waals surface area contributed by atoms with Crippen molar-refractivity contribution >= 4 is 29.3 Å². The van der Waals surface area contributed by atoms with Gasteiger partial charge in [-0.2, -0.15) is 0 Å². The van der Waals surface area contributed by atoms with Crippen molar-refractivity contribution in [3.05, 3.63) is 102 Å². The van der Waals surface area contributed by atoms with E-state index in [1.807, 2.05) is 37.3 Å². The fraction of sp³-hybridized carbons (Fsp3) is 0.214. The molecule has 0 aliphatic carbocycles. The number of carbonyl (C=O) groups is 4. The van der Waals surface area contributed by atoms with Crippen LogP contribution in [0.4, 0.5) is 5.69 Å². The Morgan fingerprint density at radius 1 is 0.914 bits per heavy atom. The van der Waals surface area contributed by atoms with Gasteiger partial charge in [-0.3, -0.25) is 14.4 Å². The number of nitrogens with one attached hydrogen (secondary N) is 1. The number of hydrogen-bond acceptors (Lipinski definition) is 5. The molecule has 1 fully saturated rings. The molecule has 0 radical (unpaired) electrons. The Bertz CT molecular complexity index is 1210. The van der Waals surface area contributed by atoms with E-state index in [1.54, 1.807) is 47.4 Å². The molecule has 1 aliphatic rings. The molecule has 0 spiro atoms. The number of hydrogen-bond donors (Lipinski definition) is 1. The SMILES string of the molecule is C[C@H](c1ccccc1)N1C[C@H](C(=O)Nc2ccc(C(=O)OCC(=O)c3ccccc3)cc2)CC1=O. The van der Waals surface area contributed by atoms with Crippen LogP contribution in [-0.4, -0.2) is 41.6 Å². The lowest BCUT2D eigenvalue weighted by Crippen LogP contribution is -2.30. The first-order chi connectivity index (χ1) is 16.9. The monoisotopic (exact) mass is 470 g/mol. The molecule has 2 atom stereocenters. The lowest BCUT2D eigenvalue weighted by atomic mass is 10.1. The van der Waals surface area contributed by atoms with Crippen LogP contribution in [0.5, 0.6) is 0 Å². The molecular formula is C28H26N2O5. The summed E-state index contributed by atoms with van der Waals surface area (Å²) >= 11 is 0. The quantitative estimate of drug-likeness (QED) is 0.392. The zero-order chi connectivity index (χ0) is 24.8. The van der Waals surface area contributed by atoms with Gasteiger partial charge in [-0.05, 0) is 36.8 Å². The van der Waals surface area contributed by atoms with E-state index in [0.717, 1.165) is 5.56 Å². The van der Waals surface area contributed by atoms with Crippen molar-refractivity contribution in [2.24, 2.45) is 5.92 Å². The average Bonchev–Trinajstić information content (AvgIpc) is 3.29. The number of likely N-dealkylation sites (tertiary alicyclic amines) is 1. The maximum atomic E-state index is 12.8. The molecule has 7 heteroatoms. The number of benzene rings is 3. The average molecular weight is 471 g/mol. The zero-order valence-corrected chi connectivity index (χ0v) is 19.3. The lowest BCUT2D eigenvalue weighted by Gasteiger charge is -2.25. The molecule has 0 bridgehead atoms. The van der Waals surface area contributed by atoms with Gasteiger partial charge in [0.1, 0.15) is 0 Å². The molecule has 0 aromatic heterocycles. The Balaban J connectivity index is 1.29. The molecule has 1 aliphatic heterocycles. The normalized spacial score (nSPS) is 16.0. The molecule has 1 saturated heterocycles. The van der Waals surface area contributed by atoms with Gasteiger partial charge in [0.15, 0.2) is 12.4 Å². The molecule has 3 aromatic rings. The van der Waals surface area contributed by atoms with E-state index in [9.17, 15) is 19.2 Å². The fourth-order valence-electron chi connectivity index (χ4n) is 4.05. The van der Waals surface area contributed by atoms with Crippen molar-refractivity contribution in [3.63, 3.8) is 0 Å². The summed E-state index contributed by atoms with van der Waals surface area (Å²) in [6, 6.07) is 24.4. The van der Waals surface area contributed by atoms with Crippen LogP contribution in [0.25, 0.3) is 0 Å². The van der Waals surface area contributed by atoms with Crippen molar-refractivity contribution in [1.29, 1.82) is 0 Å². The predicted molar refractivity (Wildman–Crippen MR) is 131 cm³/mol. The number of Topliss-reactive ketones (excluding diaryl/α,β-unsaturated/α-hetero) is 1. The zero-order valence-electron chi connectivity index (χ0n) is 19.3. The number of esters is 1. The van der Waals surface area contributed by atoms with Gasteiger partial charge in [-0.1, -0.05) is 60.7 Å². The molecule has 7 nitrogen and oxygen atoms in total. The number of rotatable bonds is 8. The lowest BCUT2D eigenvalue weighted by molar-refractivity contribution is -0.129. The Labute approximate surface area is 203 Å². The van der Waals surface area contributed by atoms with Crippen molar-refractivity contribution in [2.45, 2.75) is 19.4 Å². The van der Waals surface area contributed by atoms with Crippen molar-refractivity contribution < 1.29 is 23.9 Å². The Morgan fingerprint density at radius 3 is 2.20 bits per heavy atom. The molecule has 1 heterocycles. The van der Waals surface area contributed by atoms with Gasteiger partial charge in [0.25, 0.3) is 0 Å². The standard InChI is InChI=1S/C28H26N2O5/c1-19(20-8-4-2-5-9-20)30-17-23(16-26(30)32)27(33)29-24-14-12-22(13-15-24)28(34)35-18-25(31)21-10-6-3-7-11-21/h2-15,19,23H,16-18H2,1H3,(H,29,33)/t19-,23-/m1/s1. The molecule has 2 amide bonds. The van der Waals surface area contributed by atoms with Gasteiger partial charge in [-0.15, -0.1) is 0 Å². The second kappa shape index (κ2) is 10.8. The molecule has 3 aromatic carbocycles. The number of nitrogens with zero attached hydrogens (tertiary/aromatic N) is 1. The minimum atomic E-state index is -0.626. The summed E-state index contributed by atoms with van der Waals surface area (Å²) in [4.78, 5) is 51.4. The van der Waals surface area contributed by atoms with Gasteiger partial charge >= 0.3 is 5.97 Å². The largest absolute Gasteiger partial charge is 0.454 e. The topological polar surface area (TPSA) is 92.8 Å². The van der Waals surface area contributed by atoms with Gasteiger partial charge in [0, 0.05) is 24.2 Å². The highest BCUT2D eigenvalue weighted by atomic mass is 16.5. The minimum absolute atomic E-state index is 0.0513. The summed E-state index contributed by atoms with van der Waals surface area (Å²) in [6.45, 7) is 1.95.